The summed E-state index contributed by atoms with van der Waals surface area (Å²) in [6, 6.07) is 8.94. The SMILES string of the molecule is CCC(C)(N)C(=O)N[C@H](CO)c1ccccc1. The molecule has 17 heavy (non-hydrogen) atoms. The molecule has 2 atom stereocenters. The van der Waals surface area contributed by atoms with Crippen LogP contribution in [0.1, 0.15) is 31.9 Å². The largest absolute Gasteiger partial charge is 0.394 e. The maximum Gasteiger partial charge on any atom is 0.240 e. The standard InChI is InChI=1S/C13H20N2O2/c1-3-13(2,14)12(17)15-11(9-16)10-7-5-4-6-8-10/h4-8,11,16H,3,9,14H2,1-2H3,(H,15,17)/t11-,13?/m1/s1. The van der Waals surface area contributed by atoms with Crippen LogP contribution in [0.2, 0.25) is 0 Å². The van der Waals surface area contributed by atoms with E-state index in [2.05, 4.69) is 5.32 Å². The third-order valence-corrected chi connectivity index (χ3v) is 2.94. The molecule has 1 rings (SSSR count). The highest BCUT2D eigenvalue weighted by Crippen LogP contribution is 2.14. The molecule has 0 heterocycles. The Kier molecular flexibility index (Phi) is 4.66. The summed E-state index contributed by atoms with van der Waals surface area (Å²) in [5, 5.41) is 12.1. The summed E-state index contributed by atoms with van der Waals surface area (Å²) in [6.07, 6.45) is 0.547. The number of carbonyl (C=O) groups excluding carboxylic acids is 1. The maximum atomic E-state index is 11.9. The van der Waals surface area contributed by atoms with E-state index in [-0.39, 0.29) is 12.5 Å². The molecule has 0 aliphatic carbocycles. The molecule has 1 aromatic carbocycles. The van der Waals surface area contributed by atoms with Gasteiger partial charge < -0.3 is 16.2 Å². The summed E-state index contributed by atoms with van der Waals surface area (Å²) < 4.78 is 0. The van der Waals surface area contributed by atoms with Crippen LogP contribution in [0.15, 0.2) is 30.3 Å². The van der Waals surface area contributed by atoms with Crippen LogP contribution in [0, 0.1) is 0 Å². The predicted molar refractivity (Wildman–Crippen MR) is 67.3 cm³/mol. The molecule has 0 saturated carbocycles. The molecule has 0 radical (unpaired) electrons. The van der Waals surface area contributed by atoms with Gasteiger partial charge in [-0.1, -0.05) is 37.3 Å². The lowest BCUT2D eigenvalue weighted by Gasteiger charge is -2.25. The summed E-state index contributed by atoms with van der Waals surface area (Å²) >= 11 is 0. The second-order valence-electron chi connectivity index (χ2n) is 4.39. The van der Waals surface area contributed by atoms with E-state index in [1.807, 2.05) is 37.3 Å². The van der Waals surface area contributed by atoms with Gasteiger partial charge in [-0.25, -0.2) is 0 Å². The third-order valence-electron chi connectivity index (χ3n) is 2.94. The average Bonchev–Trinajstić information content (AvgIpc) is 2.36. The molecule has 1 amide bonds. The first-order chi connectivity index (χ1) is 8.01. The molecule has 0 bridgehead atoms. The molecule has 0 spiro atoms. The fraction of sp³-hybridized carbons (Fsp3) is 0.462. The first-order valence-electron chi connectivity index (χ1n) is 5.77. The summed E-state index contributed by atoms with van der Waals surface area (Å²) in [6.45, 7) is 3.40. The van der Waals surface area contributed by atoms with E-state index in [0.717, 1.165) is 5.56 Å². The number of aliphatic hydroxyl groups excluding tert-OH is 1. The summed E-state index contributed by atoms with van der Waals surface area (Å²) in [5.41, 5.74) is 5.82. The Labute approximate surface area is 102 Å². The summed E-state index contributed by atoms with van der Waals surface area (Å²) in [4.78, 5) is 11.9. The van der Waals surface area contributed by atoms with Gasteiger partial charge in [-0.15, -0.1) is 0 Å². The number of aliphatic hydroxyl groups is 1. The van der Waals surface area contributed by atoms with Gasteiger partial charge in [0.05, 0.1) is 18.2 Å². The van der Waals surface area contributed by atoms with Gasteiger partial charge in [0.15, 0.2) is 0 Å². The van der Waals surface area contributed by atoms with Crippen molar-refractivity contribution in [1.29, 1.82) is 0 Å². The lowest BCUT2D eigenvalue weighted by Crippen LogP contribution is -2.52. The van der Waals surface area contributed by atoms with E-state index < -0.39 is 11.6 Å². The Morgan fingerprint density at radius 2 is 2.06 bits per heavy atom. The minimum atomic E-state index is -0.901. The van der Waals surface area contributed by atoms with Crippen molar-refractivity contribution < 1.29 is 9.90 Å². The third kappa shape index (κ3) is 3.54. The number of carbonyl (C=O) groups is 1. The number of benzene rings is 1. The molecule has 94 valence electrons. The number of amides is 1. The number of rotatable bonds is 5. The molecule has 0 aromatic heterocycles. The van der Waals surface area contributed by atoms with Crippen LogP contribution in [0.4, 0.5) is 0 Å². The molecule has 4 N–H and O–H groups in total. The molecule has 0 aliphatic rings. The Hall–Kier alpha value is -1.39. The second-order valence-corrected chi connectivity index (χ2v) is 4.39. The van der Waals surface area contributed by atoms with Crippen molar-refractivity contribution >= 4 is 5.91 Å². The fourth-order valence-corrected chi connectivity index (χ4v) is 1.40. The van der Waals surface area contributed by atoms with Crippen molar-refractivity contribution in [3.8, 4) is 0 Å². The van der Waals surface area contributed by atoms with E-state index in [0.29, 0.717) is 6.42 Å². The zero-order valence-corrected chi connectivity index (χ0v) is 10.3. The van der Waals surface area contributed by atoms with Crippen molar-refractivity contribution in [3.05, 3.63) is 35.9 Å². The van der Waals surface area contributed by atoms with Crippen LogP contribution in [0.25, 0.3) is 0 Å². The number of nitrogens with two attached hydrogens (primary N) is 1. The van der Waals surface area contributed by atoms with Crippen LogP contribution >= 0.6 is 0 Å². The van der Waals surface area contributed by atoms with Crippen LogP contribution in [-0.2, 0) is 4.79 Å². The quantitative estimate of drug-likeness (QED) is 0.713. The topological polar surface area (TPSA) is 75.4 Å². The van der Waals surface area contributed by atoms with Crippen molar-refractivity contribution in [2.45, 2.75) is 31.8 Å². The zero-order valence-electron chi connectivity index (χ0n) is 10.3. The highest BCUT2D eigenvalue weighted by molar-refractivity contribution is 5.85. The van der Waals surface area contributed by atoms with E-state index in [9.17, 15) is 9.90 Å². The molecule has 4 nitrogen and oxygen atoms in total. The average molecular weight is 236 g/mol. The molecular formula is C13H20N2O2. The van der Waals surface area contributed by atoms with E-state index >= 15 is 0 Å². The highest BCUT2D eigenvalue weighted by Gasteiger charge is 2.28. The molecular weight excluding hydrogens is 216 g/mol. The van der Waals surface area contributed by atoms with Crippen LogP contribution in [0.5, 0.6) is 0 Å². The first kappa shape index (κ1) is 13.7. The van der Waals surface area contributed by atoms with Crippen LogP contribution in [0.3, 0.4) is 0 Å². The Morgan fingerprint density at radius 1 is 1.47 bits per heavy atom. The Balaban J connectivity index is 2.75. The Morgan fingerprint density at radius 3 is 2.53 bits per heavy atom. The first-order valence-corrected chi connectivity index (χ1v) is 5.77. The molecule has 4 heteroatoms. The molecule has 1 unspecified atom stereocenters. The maximum absolute atomic E-state index is 11.9. The van der Waals surface area contributed by atoms with Crippen LogP contribution < -0.4 is 11.1 Å². The smallest absolute Gasteiger partial charge is 0.240 e. The minimum absolute atomic E-state index is 0.143. The summed E-state index contributed by atoms with van der Waals surface area (Å²) in [5.74, 6) is -0.247. The fourth-order valence-electron chi connectivity index (χ4n) is 1.40. The molecule has 0 aliphatic heterocycles. The van der Waals surface area contributed by atoms with Gasteiger partial charge >= 0.3 is 0 Å². The molecule has 1 aromatic rings. The van der Waals surface area contributed by atoms with Gasteiger partial charge in [0.2, 0.25) is 5.91 Å². The van der Waals surface area contributed by atoms with Gasteiger partial charge in [-0.2, -0.15) is 0 Å². The summed E-state index contributed by atoms with van der Waals surface area (Å²) in [7, 11) is 0. The van der Waals surface area contributed by atoms with Crippen molar-refractivity contribution in [1.82, 2.24) is 5.32 Å². The lowest BCUT2D eigenvalue weighted by atomic mass is 9.98. The molecule has 0 saturated heterocycles. The van der Waals surface area contributed by atoms with Gasteiger partial charge in [0.1, 0.15) is 0 Å². The van der Waals surface area contributed by atoms with E-state index in [1.54, 1.807) is 6.92 Å². The normalized spacial score (nSPS) is 16.0. The monoisotopic (exact) mass is 236 g/mol. The number of hydrogen-bond donors (Lipinski definition) is 3. The van der Waals surface area contributed by atoms with Gasteiger partial charge in [0, 0.05) is 0 Å². The van der Waals surface area contributed by atoms with E-state index in [1.165, 1.54) is 0 Å². The second kappa shape index (κ2) is 5.80. The zero-order chi connectivity index (χ0) is 12.9. The number of hydrogen-bond acceptors (Lipinski definition) is 3. The highest BCUT2D eigenvalue weighted by atomic mass is 16.3. The van der Waals surface area contributed by atoms with Crippen LogP contribution in [-0.4, -0.2) is 23.2 Å². The lowest BCUT2D eigenvalue weighted by molar-refractivity contribution is -0.127. The van der Waals surface area contributed by atoms with Crippen molar-refractivity contribution in [2.75, 3.05) is 6.61 Å². The number of nitrogens with one attached hydrogen (secondary N) is 1. The van der Waals surface area contributed by atoms with Gasteiger partial charge in [-0.3, -0.25) is 4.79 Å². The predicted octanol–water partition coefficient (Wildman–Crippen LogP) is 0.964. The minimum Gasteiger partial charge on any atom is -0.394 e. The van der Waals surface area contributed by atoms with Gasteiger partial charge in [-0.05, 0) is 18.9 Å². The Bertz CT molecular complexity index is 363. The molecule has 0 fully saturated rings. The van der Waals surface area contributed by atoms with Crippen molar-refractivity contribution in [2.24, 2.45) is 5.73 Å². The van der Waals surface area contributed by atoms with Crippen molar-refractivity contribution in [3.63, 3.8) is 0 Å². The van der Waals surface area contributed by atoms with E-state index in [4.69, 9.17) is 5.73 Å². The van der Waals surface area contributed by atoms with Gasteiger partial charge in [0.25, 0.3) is 0 Å².